The van der Waals surface area contributed by atoms with Crippen molar-refractivity contribution in [3.05, 3.63) is 63.9 Å². The normalized spacial score (nSPS) is 10.6. The maximum atomic E-state index is 11.7. The van der Waals surface area contributed by atoms with Crippen molar-refractivity contribution in [1.29, 1.82) is 0 Å². The first-order valence-corrected chi connectivity index (χ1v) is 6.11. The molecule has 1 N–H and O–H groups in total. The number of nitrogens with zero attached hydrogens (tertiary/aromatic N) is 2. The van der Waals surface area contributed by atoms with Crippen LogP contribution in [0.1, 0.15) is 15.9 Å². The number of aromatic nitrogens is 1. The van der Waals surface area contributed by atoms with E-state index in [1.165, 1.54) is 18.6 Å². The molecule has 0 atom stereocenters. The smallest absolute Gasteiger partial charge is 0.267 e. The number of benzene rings is 1. The average molecular weight is 294 g/mol. The van der Waals surface area contributed by atoms with Gasteiger partial charge < -0.3 is 0 Å². The molecule has 1 aromatic carbocycles. The van der Waals surface area contributed by atoms with Gasteiger partial charge in [0.2, 0.25) is 0 Å². The monoisotopic (exact) mass is 293 g/mol. The van der Waals surface area contributed by atoms with Gasteiger partial charge in [0, 0.05) is 23.5 Å². The van der Waals surface area contributed by atoms with E-state index in [1.807, 2.05) is 0 Å². The van der Waals surface area contributed by atoms with Gasteiger partial charge in [0.15, 0.2) is 0 Å². The van der Waals surface area contributed by atoms with Crippen LogP contribution in [0, 0.1) is 0 Å². The molecule has 0 saturated carbocycles. The largest absolute Gasteiger partial charge is 0.271 e. The number of pyridine rings is 1. The van der Waals surface area contributed by atoms with Crippen molar-refractivity contribution in [2.45, 2.75) is 0 Å². The van der Waals surface area contributed by atoms with E-state index < -0.39 is 0 Å². The average Bonchev–Trinajstić information content (AvgIpc) is 2.44. The van der Waals surface area contributed by atoms with Crippen molar-refractivity contribution in [3.8, 4) is 0 Å². The summed E-state index contributed by atoms with van der Waals surface area (Å²) in [6.07, 6.45) is 4.51. The maximum Gasteiger partial charge on any atom is 0.271 e. The van der Waals surface area contributed by atoms with Gasteiger partial charge in [-0.25, -0.2) is 5.43 Å². The van der Waals surface area contributed by atoms with Crippen molar-refractivity contribution >= 4 is 35.3 Å². The third-order valence-corrected chi connectivity index (χ3v) is 3.13. The SMILES string of the molecule is O=C(NN=Cc1cccc(Cl)c1Cl)c1ccncc1. The molecule has 2 aromatic rings. The number of carbonyl (C=O) groups excluding carboxylic acids is 1. The van der Waals surface area contributed by atoms with Gasteiger partial charge in [-0.2, -0.15) is 5.10 Å². The minimum Gasteiger partial charge on any atom is -0.267 e. The van der Waals surface area contributed by atoms with Crippen molar-refractivity contribution < 1.29 is 4.79 Å². The summed E-state index contributed by atoms with van der Waals surface area (Å²) >= 11 is 11.8. The Balaban J connectivity index is 2.05. The van der Waals surface area contributed by atoms with Crippen LogP contribution in [-0.4, -0.2) is 17.1 Å². The summed E-state index contributed by atoms with van der Waals surface area (Å²) in [5.41, 5.74) is 3.50. The van der Waals surface area contributed by atoms with E-state index in [1.54, 1.807) is 30.3 Å². The molecule has 0 saturated heterocycles. The van der Waals surface area contributed by atoms with Crippen LogP contribution in [0.2, 0.25) is 10.0 Å². The molecule has 96 valence electrons. The Bertz CT molecular complexity index is 615. The standard InChI is InChI=1S/C13H9Cl2N3O/c14-11-3-1-2-10(12(11)15)8-17-18-13(19)9-4-6-16-7-5-9/h1-8H,(H,18,19). The summed E-state index contributed by atoms with van der Waals surface area (Å²) in [6, 6.07) is 8.36. The highest BCUT2D eigenvalue weighted by molar-refractivity contribution is 6.43. The van der Waals surface area contributed by atoms with Crippen molar-refractivity contribution in [3.63, 3.8) is 0 Å². The lowest BCUT2D eigenvalue weighted by Crippen LogP contribution is -2.17. The zero-order valence-electron chi connectivity index (χ0n) is 9.68. The van der Waals surface area contributed by atoms with Gasteiger partial charge in [-0.1, -0.05) is 35.3 Å². The van der Waals surface area contributed by atoms with Gasteiger partial charge in [-0.15, -0.1) is 0 Å². The fourth-order valence-corrected chi connectivity index (χ4v) is 1.71. The zero-order valence-corrected chi connectivity index (χ0v) is 11.2. The first kappa shape index (κ1) is 13.5. The van der Waals surface area contributed by atoms with Gasteiger partial charge in [0.25, 0.3) is 5.91 Å². The Hall–Kier alpha value is -1.91. The number of hydrogen-bond donors (Lipinski definition) is 1. The van der Waals surface area contributed by atoms with E-state index in [-0.39, 0.29) is 5.91 Å². The van der Waals surface area contributed by atoms with Gasteiger partial charge in [0.1, 0.15) is 0 Å². The number of amides is 1. The molecule has 0 aliphatic rings. The molecule has 0 fully saturated rings. The summed E-state index contributed by atoms with van der Waals surface area (Å²) < 4.78 is 0. The van der Waals surface area contributed by atoms with Gasteiger partial charge >= 0.3 is 0 Å². The van der Waals surface area contributed by atoms with E-state index in [0.717, 1.165) is 0 Å². The molecule has 6 heteroatoms. The molecule has 1 heterocycles. The Morgan fingerprint density at radius 2 is 1.95 bits per heavy atom. The van der Waals surface area contributed by atoms with Crippen LogP contribution in [0.3, 0.4) is 0 Å². The minimum absolute atomic E-state index is 0.322. The van der Waals surface area contributed by atoms with Crippen LogP contribution < -0.4 is 5.43 Å². The summed E-state index contributed by atoms with van der Waals surface area (Å²) in [7, 11) is 0. The molecule has 1 amide bonds. The zero-order chi connectivity index (χ0) is 13.7. The van der Waals surface area contributed by atoms with Gasteiger partial charge in [-0.3, -0.25) is 9.78 Å². The van der Waals surface area contributed by atoms with Crippen LogP contribution in [-0.2, 0) is 0 Å². The number of carbonyl (C=O) groups is 1. The third-order valence-electron chi connectivity index (χ3n) is 2.29. The number of nitrogens with one attached hydrogen (secondary N) is 1. The fraction of sp³-hybridized carbons (Fsp3) is 0. The van der Waals surface area contributed by atoms with E-state index in [4.69, 9.17) is 23.2 Å². The molecule has 19 heavy (non-hydrogen) atoms. The van der Waals surface area contributed by atoms with Gasteiger partial charge in [-0.05, 0) is 18.2 Å². The topological polar surface area (TPSA) is 54.4 Å². The molecular weight excluding hydrogens is 285 g/mol. The number of hydrogen-bond acceptors (Lipinski definition) is 3. The Labute approximate surface area is 120 Å². The second-order valence-corrected chi connectivity index (χ2v) is 4.36. The lowest BCUT2D eigenvalue weighted by Gasteiger charge is -2.01. The van der Waals surface area contributed by atoms with E-state index >= 15 is 0 Å². The van der Waals surface area contributed by atoms with Crippen molar-refractivity contribution in [1.82, 2.24) is 10.4 Å². The molecule has 0 bridgehead atoms. The highest BCUT2D eigenvalue weighted by atomic mass is 35.5. The van der Waals surface area contributed by atoms with Gasteiger partial charge in [0.05, 0.1) is 16.3 Å². The van der Waals surface area contributed by atoms with E-state index in [9.17, 15) is 4.79 Å². The fourth-order valence-electron chi connectivity index (χ4n) is 1.35. The lowest BCUT2D eigenvalue weighted by molar-refractivity contribution is 0.0955. The second kappa shape index (κ2) is 6.31. The lowest BCUT2D eigenvalue weighted by atomic mass is 10.2. The molecule has 4 nitrogen and oxygen atoms in total. The van der Waals surface area contributed by atoms with E-state index in [2.05, 4.69) is 15.5 Å². The number of hydrazone groups is 1. The highest BCUT2D eigenvalue weighted by Crippen LogP contribution is 2.23. The summed E-state index contributed by atoms with van der Waals surface area (Å²) in [6.45, 7) is 0. The summed E-state index contributed by atoms with van der Waals surface area (Å²) in [5, 5.41) is 4.66. The molecule has 0 radical (unpaired) electrons. The van der Waals surface area contributed by atoms with Crippen molar-refractivity contribution in [2.24, 2.45) is 5.10 Å². The number of rotatable bonds is 3. The second-order valence-electron chi connectivity index (χ2n) is 3.58. The predicted molar refractivity (Wildman–Crippen MR) is 75.8 cm³/mol. The first-order chi connectivity index (χ1) is 9.18. The molecular formula is C13H9Cl2N3O. The summed E-state index contributed by atoms with van der Waals surface area (Å²) in [4.78, 5) is 15.5. The van der Waals surface area contributed by atoms with E-state index in [0.29, 0.717) is 21.2 Å². The molecule has 2 rings (SSSR count). The first-order valence-electron chi connectivity index (χ1n) is 5.36. The van der Waals surface area contributed by atoms with Crippen LogP contribution in [0.15, 0.2) is 47.8 Å². The molecule has 1 aromatic heterocycles. The third kappa shape index (κ3) is 3.53. The number of halogens is 2. The van der Waals surface area contributed by atoms with Crippen LogP contribution in [0.5, 0.6) is 0 Å². The molecule has 0 unspecified atom stereocenters. The highest BCUT2D eigenvalue weighted by Gasteiger charge is 2.03. The van der Waals surface area contributed by atoms with Crippen molar-refractivity contribution in [2.75, 3.05) is 0 Å². The van der Waals surface area contributed by atoms with Crippen LogP contribution >= 0.6 is 23.2 Å². The molecule has 0 spiro atoms. The Morgan fingerprint density at radius 3 is 2.68 bits per heavy atom. The Morgan fingerprint density at radius 1 is 1.21 bits per heavy atom. The quantitative estimate of drug-likeness (QED) is 0.698. The predicted octanol–water partition coefficient (Wildman–Crippen LogP) is 3.15. The summed E-state index contributed by atoms with van der Waals surface area (Å²) in [5.74, 6) is -0.322. The molecule has 0 aliphatic heterocycles. The Kier molecular flexibility index (Phi) is 4.49. The maximum absolute atomic E-state index is 11.7. The minimum atomic E-state index is -0.322. The van der Waals surface area contributed by atoms with Crippen LogP contribution in [0.25, 0.3) is 0 Å². The molecule has 0 aliphatic carbocycles. The van der Waals surface area contributed by atoms with Crippen LogP contribution in [0.4, 0.5) is 0 Å².